The van der Waals surface area contributed by atoms with Crippen LogP contribution in [0.25, 0.3) is 5.69 Å². The van der Waals surface area contributed by atoms with E-state index in [2.05, 4.69) is 24.3 Å². The molecule has 4 heteroatoms. The smallest absolute Gasteiger partial charge is 0.271 e. The van der Waals surface area contributed by atoms with E-state index >= 15 is 0 Å². The highest BCUT2D eigenvalue weighted by molar-refractivity contribution is 5.92. The lowest BCUT2D eigenvalue weighted by Crippen LogP contribution is -2.18. The predicted molar refractivity (Wildman–Crippen MR) is 75.8 cm³/mol. The maximum Gasteiger partial charge on any atom is 0.271 e. The SMILES string of the molecule is CNC(=O)c1cc(C(C)C)n(-c2ccc(C)cc2)n1. The van der Waals surface area contributed by atoms with Crippen LogP contribution >= 0.6 is 0 Å². The van der Waals surface area contributed by atoms with Gasteiger partial charge in [0, 0.05) is 12.7 Å². The molecule has 2 aromatic rings. The molecule has 4 nitrogen and oxygen atoms in total. The molecule has 0 saturated heterocycles. The first kappa shape index (κ1) is 13.3. The molecule has 0 radical (unpaired) electrons. The molecule has 0 aliphatic rings. The zero-order chi connectivity index (χ0) is 14.0. The van der Waals surface area contributed by atoms with Gasteiger partial charge in [0.05, 0.1) is 5.69 Å². The molecule has 0 atom stereocenters. The molecule has 2 rings (SSSR count). The number of carbonyl (C=O) groups is 1. The highest BCUT2D eigenvalue weighted by Gasteiger charge is 2.16. The Kier molecular flexibility index (Phi) is 3.69. The Balaban J connectivity index is 2.51. The number of nitrogens with zero attached hydrogens (tertiary/aromatic N) is 2. The van der Waals surface area contributed by atoms with Crippen molar-refractivity contribution in [1.29, 1.82) is 0 Å². The third-order valence-corrected chi connectivity index (χ3v) is 3.07. The summed E-state index contributed by atoms with van der Waals surface area (Å²) in [5.41, 5.74) is 3.66. The number of nitrogens with one attached hydrogen (secondary N) is 1. The molecular weight excluding hydrogens is 238 g/mol. The first-order valence-electron chi connectivity index (χ1n) is 6.42. The van der Waals surface area contributed by atoms with Crippen LogP contribution in [0.4, 0.5) is 0 Å². The van der Waals surface area contributed by atoms with E-state index in [1.165, 1.54) is 5.56 Å². The van der Waals surface area contributed by atoms with Crippen molar-refractivity contribution in [2.24, 2.45) is 0 Å². The molecule has 19 heavy (non-hydrogen) atoms. The van der Waals surface area contributed by atoms with Crippen LogP contribution in [0.1, 0.15) is 41.5 Å². The van der Waals surface area contributed by atoms with Gasteiger partial charge in [0.2, 0.25) is 0 Å². The van der Waals surface area contributed by atoms with Crippen LogP contribution in [0.3, 0.4) is 0 Å². The van der Waals surface area contributed by atoms with Crippen LogP contribution in [0.5, 0.6) is 0 Å². The minimum Gasteiger partial charge on any atom is -0.354 e. The number of hydrogen-bond donors (Lipinski definition) is 1. The van der Waals surface area contributed by atoms with E-state index in [0.717, 1.165) is 11.4 Å². The van der Waals surface area contributed by atoms with Crippen molar-refractivity contribution >= 4 is 5.91 Å². The number of aryl methyl sites for hydroxylation is 1. The number of rotatable bonds is 3. The Morgan fingerprint density at radius 2 is 1.89 bits per heavy atom. The maximum absolute atomic E-state index is 11.7. The second kappa shape index (κ2) is 5.26. The molecule has 1 N–H and O–H groups in total. The monoisotopic (exact) mass is 257 g/mol. The summed E-state index contributed by atoms with van der Waals surface area (Å²) in [6.07, 6.45) is 0. The summed E-state index contributed by atoms with van der Waals surface area (Å²) in [4.78, 5) is 11.7. The van der Waals surface area contributed by atoms with Crippen LogP contribution in [0.15, 0.2) is 30.3 Å². The van der Waals surface area contributed by atoms with Crippen molar-refractivity contribution in [3.8, 4) is 5.69 Å². The van der Waals surface area contributed by atoms with Gasteiger partial charge in [0.1, 0.15) is 0 Å². The van der Waals surface area contributed by atoms with Gasteiger partial charge in [-0.3, -0.25) is 4.79 Å². The molecule has 100 valence electrons. The zero-order valence-corrected chi connectivity index (χ0v) is 11.8. The van der Waals surface area contributed by atoms with Gasteiger partial charge in [-0.15, -0.1) is 0 Å². The number of aromatic nitrogens is 2. The number of hydrogen-bond acceptors (Lipinski definition) is 2. The molecule has 1 amide bonds. The summed E-state index contributed by atoms with van der Waals surface area (Å²) in [6, 6.07) is 9.97. The van der Waals surface area contributed by atoms with E-state index in [4.69, 9.17) is 0 Å². The van der Waals surface area contributed by atoms with Gasteiger partial charge in [-0.1, -0.05) is 31.5 Å². The minimum atomic E-state index is -0.159. The predicted octanol–water partition coefficient (Wildman–Crippen LogP) is 2.66. The van der Waals surface area contributed by atoms with Gasteiger partial charge in [0.15, 0.2) is 5.69 Å². The largest absolute Gasteiger partial charge is 0.354 e. The Morgan fingerprint density at radius 1 is 1.26 bits per heavy atom. The fourth-order valence-corrected chi connectivity index (χ4v) is 1.94. The highest BCUT2D eigenvalue weighted by Crippen LogP contribution is 2.20. The van der Waals surface area contributed by atoms with Crippen LogP contribution in [-0.4, -0.2) is 22.7 Å². The fourth-order valence-electron chi connectivity index (χ4n) is 1.94. The fraction of sp³-hybridized carbons (Fsp3) is 0.333. The van der Waals surface area contributed by atoms with Crippen LogP contribution in [0.2, 0.25) is 0 Å². The van der Waals surface area contributed by atoms with Crippen molar-refractivity contribution in [2.45, 2.75) is 26.7 Å². The van der Waals surface area contributed by atoms with E-state index in [1.54, 1.807) is 7.05 Å². The molecule has 0 unspecified atom stereocenters. The van der Waals surface area contributed by atoms with Crippen molar-refractivity contribution in [3.05, 3.63) is 47.3 Å². The standard InChI is InChI=1S/C15H19N3O/c1-10(2)14-9-13(15(19)16-4)17-18(14)12-7-5-11(3)6-8-12/h5-10H,1-4H3,(H,16,19). The Labute approximate surface area is 113 Å². The van der Waals surface area contributed by atoms with Crippen molar-refractivity contribution < 1.29 is 4.79 Å². The summed E-state index contributed by atoms with van der Waals surface area (Å²) < 4.78 is 1.84. The number of carbonyl (C=O) groups excluding carboxylic acids is 1. The Hall–Kier alpha value is -2.10. The van der Waals surface area contributed by atoms with Crippen LogP contribution < -0.4 is 5.32 Å². The average Bonchev–Trinajstić information content (AvgIpc) is 2.84. The summed E-state index contributed by atoms with van der Waals surface area (Å²) >= 11 is 0. The first-order valence-corrected chi connectivity index (χ1v) is 6.42. The Bertz CT molecular complexity index is 582. The van der Waals surface area contributed by atoms with Gasteiger partial charge < -0.3 is 5.32 Å². The summed E-state index contributed by atoms with van der Waals surface area (Å²) in [5, 5.41) is 7.01. The van der Waals surface area contributed by atoms with Crippen LogP contribution in [-0.2, 0) is 0 Å². The molecule has 0 aliphatic heterocycles. The number of benzene rings is 1. The van der Waals surface area contributed by atoms with Gasteiger partial charge in [-0.05, 0) is 31.0 Å². The summed E-state index contributed by atoms with van der Waals surface area (Å²) in [5.74, 6) is 0.139. The summed E-state index contributed by atoms with van der Waals surface area (Å²) in [6.45, 7) is 6.23. The van der Waals surface area contributed by atoms with E-state index in [-0.39, 0.29) is 5.91 Å². The van der Waals surface area contributed by atoms with Crippen LogP contribution in [0, 0.1) is 6.92 Å². The van der Waals surface area contributed by atoms with Gasteiger partial charge in [0.25, 0.3) is 5.91 Å². The molecule has 1 aromatic carbocycles. The van der Waals surface area contributed by atoms with E-state index in [9.17, 15) is 4.79 Å². The van der Waals surface area contributed by atoms with Crippen molar-refractivity contribution in [1.82, 2.24) is 15.1 Å². The lowest BCUT2D eigenvalue weighted by atomic mass is 10.1. The second-order valence-corrected chi connectivity index (χ2v) is 4.94. The third kappa shape index (κ3) is 2.67. The van der Waals surface area contributed by atoms with E-state index in [0.29, 0.717) is 11.6 Å². The van der Waals surface area contributed by atoms with Crippen molar-refractivity contribution in [3.63, 3.8) is 0 Å². The quantitative estimate of drug-likeness (QED) is 0.919. The third-order valence-electron chi connectivity index (χ3n) is 3.07. The van der Waals surface area contributed by atoms with Crippen molar-refractivity contribution in [2.75, 3.05) is 7.05 Å². The minimum absolute atomic E-state index is 0.159. The average molecular weight is 257 g/mol. The first-order chi connectivity index (χ1) is 9.02. The zero-order valence-electron chi connectivity index (χ0n) is 11.8. The molecule has 0 saturated carbocycles. The highest BCUT2D eigenvalue weighted by atomic mass is 16.1. The molecular formula is C15H19N3O. The lowest BCUT2D eigenvalue weighted by molar-refractivity contribution is 0.0957. The molecule has 1 aromatic heterocycles. The molecule has 0 bridgehead atoms. The van der Waals surface area contributed by atoms with Gasteiger partial charge in [-0.25, -0.2) is 4.68 Å². The van der Waals surface area contributed by atoms with Gasteiger partial charge >= 0.3 is 0 Å². The van der Waals surface area contributed by atoms with Gasteiger partial charge in [-0.2, -0.15) is 5.10 Å². The normalized spacial score (nSPS) is 10.8. The summed E-state index contributed by atoms with van der Waals surface area (Å²) in [7, 11) is 1.61. The maximum atomic E-state index is 11.7. The molecule has 0 aliphatic carbocycles. The Morgan fingerprint density at radius 3 is 2.42 bits per heavy atom. The van der Waals surface area contributed by atoms with E-state index in [1.807, 2.05) is 41.9 Å². The molecule has 0 spiro atoms. The second-order valence-electron chi connectivity index (χ2n) is 4.94. The van der Waals surface area contributed by atoms with E-state index < -0.39 is 0 Å². The molecule has 0 fully saturated rings. The molecule has 1 heterocycles. The lowest BCUT2D eigenvalue weighted by Gasteiger charge is -2.09. The number of amides is 1. The topological polar surface area (TPSA) is 46.9 Å².